The largest absolute Gasteiger partial charge is 0.737 e. The molecule has 0 fully saturated rings. The number of benzene rings is 2. The van der Waals surface area contributed by atoms with E-state index in [0.29, 0.717) is 10.9 Å². The molecule has 0 saturated heterocycles. The van der Waals surface area contributed by atoms with Crippen molar-refractivity contribution in [2.75, 3.05) is 10.2 Å². The molecule has 1 aliphatic heterocycles. The molecule has 0 spiro atoms. The van der Waals surface area contributed by atoms with Gasteiger partial charge in [0.2, 0.25) is 0 Å². The first-order valence-electron chi connectivity index (χ1n) is 6.60. The van der Waals surface area contributed by atoms with Gasteiger partial charge in [-0.2, -0.15) is 0 Å². The lowest BCUT2D eigenvalue weighted by atomic mass is 10.2. The number of hydrogen-bond acceptors (Lipinski definition) is 7. The predicted octanol–water partition coefficient (Wildman–Crippen LogP) is 1.74. The maximum absolute atomic E-state index is 12.1. The minimum Gasteiger partial charge on any atom is -0.737 e. The molecule has 112 valence electrons. The van der Waals surface area contributed by atoms with Crippen molar-refractivity contribution in [1.29, 1.82) is 0 Å². The van der Waals surface area contributed by atoms with Crippen LogP contribution in [0.15, 0.2) is 59.7 Å². The third-order valence-corrected chi connectivity index (χ3v) is 3.09. The van der Waals surface area contributed by atoms with Crippen molar-refractivity contribution in [2.24, 2.45) is 10.8 Å². The molecular formula is C15H13N4O3-. The fraction of sp³-hybridized carbons (Fsp3) is 0.0667. The van der Waals surface area contributed by atoms with Gasteiger partial charge in [0.25, 0.3) is 5.96 Å². The molecule has 0 radical (unpaired) electrons. The van der Waals surface area contributed by atoms with E-state index >= 15 is 0 Å². The van der Waals surface area contributed by atoms with Crippen LogP contribution in [-0.2, 0) is 16.1 Å². The Bertz CT molecular complexity index is 718. The highest BCUT2D eigenvalue weighted by molar-refractivity contribution is 6.00. The second-order valence-corrected chi connectivity index (χ2v) is 4.64. The lowest BCUT2D eigenvalue weighted by molar-refractivity contribution is -0.142. The van der Waals surface area contributed by atoms with Crippen molar-refractivity contribution in [3.8, 4) is 0 Å². The molecule has 0 amide bonds. The maximum Gasteiger partial charge on any atom is 0.337 e. The van der Waals surface area contributed by atoms with E-state index in [-0.39, 0.29) is 18.1 Å². The van der Waals surface area contributed by atoms with Gasteiger partial charge in [-0.25, -0.2) is 4.79 Å². The molecule has 7 heteroatoms. The Morgan fingerprint density at radius 3 is 2.45 bits per heavy atom. The first-order valence-corrected chi connectivity index (χ1v) is 6.60. The van der Waals surface area contributed by atoms with Crippen molar-refractivity contribution >= 4 is 23.3 Å². The molecule has 2 aromatic carbocycles. The molecule has 2 N–H and O–H groups in total. The van der Waals surface area contributed by atoms with Crippen LogP contribution in [0.2, 0.25) is 0 Å². The normalized spacial score (nSPS) is 13.4. The summed E-state index contributed by atoms with van der Waals surface area (Å²) in [6, 6.07) is 15.8. The topological polar surface area (TPSA) is 94.2 Å². The molecule has 0 aliphatic carbocycles. The van der Waals surface area contributed by atoms with Crippen LogP contribution in [0, 0.1) is 5.21 Å². The lowest BCUT2D eigenvalue weighted by Gasteiger charge is -2.35. The van der Waals surface area contributed by atoms with Crippen molar-refractivity contribution in [3.63, 3.8) is 0 Å². The van der Waals surface area contributed by atoms with Crippen molar-refractivity contribution in [2.45, 2.75) is 6.42 Å². The molecule has 2 aromatic rings. The van der Waals surface area contributed by atoms with E-state index in [2.05, 4.69) is 5.10 Å². The number of guanidine groups is 1. The summed E-state index contributed by atoms with van der Waals surface area (Å²) >= 11 is 0. The van der Waals surface area contributed by atoms with Crippen LogP contribution >= 0.6 is 0 Å². The van der Waals surface area contributed by atoms with E-state index in [1.807, 2.05) is 30.3 Å². The summed E-state index contributed by atoms with van der Waals surface area (Å²) in [6.07, 6.45) is 0.0911. The van der Waals surface area contributed by atoms with Crippen LogP contribution in [-0.4, -0.2) is 11.9 Å². The van der Waals surface area contributed by atoms with Gasteiger partial charge in [-0.1, -0.05) is 42.5 Å². The third-order valence-electron chi connectivity index (χ3n) is 3.09. The van der Waals surface area contributed by atoms with Gasteiger partial charge in [-0.05, 0) is 17.7 Å². The molecule has 1 heterocycles. The number of rotatable bonds is 3. The number of anilines is 2. The Labute approximate surface area is 126 Å². The first-order chi connectivity index (χ1) is 10.6. The Balaban J connectivity index is 1.79. The van der Waals surface area contributed by atoms with E-state index in [1.54, 1.807) is 24.3 Å². The number of hydrogen-bond donors (Lipinski definition) is 1. The molecule has 0 atom stereocenters. The van der Waals surface area contributed by atoms with Gasteiger partial charge in [-0.15, -0.1) is 10.2 Å². The Morgan fingerprint density at radius 1 is 1.09 bits per heavy atom. The monoisotopic (exact) mass is 297 g/mol. The van der Waals surface area contributed by atoms with Crippen LogP contribution in [0.4, 0.5) is 11.4 Å². The number of nitrogens with zero attached hydrogens (tertiary/aromatic N) is 3. The fourth-order valence-electron chi connectivity index (χ4n) is 2.10. The van der Waals surface area contributed by atoms with Crippen LogP contribution in [0.1, 0.15) is 5.56 Å². The molecule has 1 aliphatic rings. The van der Waals surface area contributed by atoms with E-state index in [4.69, 9.17) is 10.6 Å². The van der Waals surface area contributed by atoms with Gasteiger partial charge in [0.15, 0.2) is 0 Å². The molecule has 3 rings (SSSR count). The van der Waals surface area contributed by atoms with Gasteiger partial charge in [-0.3, -0.25) is 0 Å². The van der Waals surface area contributed by atoms with Gasteiger partial charge >= 0.3 is 5.97 Å². The summed E-state index contributed by atoms with van der Waals surface area (Å²) in [5.41, 5.74) is 7.12. The second-order valence-electron chi connectivity index (χ2n) is 4.64. The van der Waals surface area contributed by atoms with Gasteiger partial charge in [0.05, 0.1) is 12.1 Å². The number of fused-ring (bicyclic) bond motifs is 1. The number of para-hydroxylation sites is 2. The fourth-order valence-corrected chi connectivity index (χ4v) is 2.10. The summed E-state index contributed by atoms with van der Waals surface area (Å²) < 4.78 is 0. The maximum atomic E-state index is 12.1. The molecule has 0 bridgehead atoms. The van der Waals surface area contributed by atoms with Gasteiger partial charge < -0.3 is 21.0 Å². The SMILES string of the molecule is NC1=NN([O-])c2ccccc2N1OC(=O)Cc1ccccc1. The minimum absolute atomic E-state index is 0.0911. The first kappa shape index (κ1) is 13.9. The number of hydrazone groups is 1. The zero-order valence-electron chi connectivity index (χ0n) is 11.5. The van der Waals surface area contributed by atoms with Crippen LogP contribution in [0.3, 0.4) is 0 Å². The number of nitrogens with two attached hydrogens (primary N) is 1. The lowest BCUT2D eigenvalue weighted by Crippen LogP contribution is -2.44. The number of carbonyl (C=O) groups is 1. The molecule has 7 nitrogen and oxygen atoms in total. The zero-order valence-corrected chi connectivity index (χ0v) is 11.5. The standard InChI is InChI=1S/C15H13N4O3/c16-15-17-19(21)13-9-5-4-8-12(13)18(15)22-14(20)10-11-6-2-1-3-7-11/h1-9H,10H2,(H2,16,17)/q-1. The Morgan fingerprint density at radius 2 is 1.73 bits per heavy atom. The van der Waals surface area contributed by atoms with Crippen LogP contribution < -0.4 is 16.0 Å². The van der Waals surface area contributed by atoms with Crippen LogP contribution in [0.5, 0.6) is 0 Å². The van der Waals surface area contributed by atoms with Crippen molar-refractivity contribution in [3.05, 3.63) is 65.4 Å². The smallest absolute Gasteiger partial charge is 0.337 e. The average Bonchev–Trinajstić information content (AvgIpc) is 2.52. The summed E-state index contributed by atoms with van der Waals surface area (Å²) in [4.78, 5) is 17.3. The van der Waals surface area contributed by atoms with Gasteiger partial charge in [0.1, 0.15) is 5.69 Å². The quantitative estimate of drug-likeness (QED) is 0.927. The summed E-state index contributed by atoms with van der Waals surface area (Å²) in [5, 5.41) is 16.7. The highest BCUT2D eigenvalue weighted by Gasteiger charge is 2.24. The second kappa shape index (κ2) is 5.74. The third kappa shape index (κ3) is 2.70. The minimum atomic E-state index is -0.501. The summed E-state index contributed by atoms with van der Waals surface area (Å²) in [5.74, 6) is -0.700. The molecule has 0 saturated carbocycles. The van der Waals surface area contributed by atoms with E-state index in [1.165, 1.54) is 0 Å². The van der Waals surface area contributed by atoms with Crippen molar-refractivity contribution in [1.82, 2.24) is 0 Å². The van der Waals surface area contributed by atoms with Crippen molar-refractivity contribution < 1.29 is 9.63 Å². The highest BCUT2D eigenvalue weighted by atomic mass is 16.7. The van der Waals surface area contributed by atoms with E-state index < -0.39 is 5.97 Å². The molecule has 22 heavy (non-hydrogen) atoms. The summed E-state index contributed by atoms with van der Waals surface area (Å²) in [7, 11) is 0. The van der Waals surface area contributed by atoms with E-state index in [0.717, 1.165) is 10.6 Å². The molecular weight excluding hydrogens is 284 g/mol. The zero-order chi connectivity index (χ0) is 15.5. The number of carbonyl (C=O) groups excluding carboxylic acids is 1. The Hall–Kier alpha value is -3.06. The highest BCUT2D eigenvalue weighted by Crippen LogP contribution is 2.32. The average molecular weight is 297 g/mol. The van der Waals surface area contributed by atoms with E-state index in [9.17, 15) is 10.0 Å². The summed E-state index contributed by atoms with van der Waals surface area (Å²) in [6.45, 7) is 0. The predicted molar refractivity (Wildman–Crippen MR) is 82.6 cm³/mol. The number of hydroxylamine groups is 1. The Kier molecular flexibility index (Phi) is 3.63. The molecule has 0 unspecified atom stereocenters. The van der Waals surface area contributed by atoms with Crippen LogP contribution in [0.25, 0.3) is 0 Å². The molecule has 0 aromatic heterocycles. The van der Waals surface area contributed by atoms with Gasteiger partial charge in [0, 0.05) is 0 Å².